The maximum Gasteiger partial charge on any atom is 0.123 e. The van der Waals surface area contributed by atoms with E-state index in [1.54, 1.807) is 12.1 Å². The normalized spacial score (nSPS) is 19.5. The Morgan fingerprint density at radius 1 is 1.41 bits per heavy atom. The highest BCUT2D eigenvalue weighted by Gasteiger charge is 2.21. The van der Waals surface area contributed by atoms with Crippen LogP contribution in [0.25, 0.3) is 0 Å². The van der Waals surface area contributed by atoms with Gasteiger partial charge in [0, 0.05) is 32.9 Å². The number of imidazole rings is 1. The summed E-state index contributed by atoms with van der Waals surface area (Å²) in [4.78, 5) is 6.72. The van der Waals surface area contributed by atoms with Gasteiger partial charge in [-0.2, -0.15) is 0 Å². The van der Waals surface area contributed by atoms with Crippen LogP contribution in [0.2, 0.25) is 0 Å². The highest BCUT2D eigenvalue weighted by Crippen LogP contribution is 2.15. The molecule has 3 rings (SSSR count). The molecule has 0 radical (unpaired) electrons. The van der Waals surface area contributed by atoms with E-state index in [1.807, 2.05) is 26.2 Å². The molecule has 1 fully saturated rings. The molecule has 1 aromatic heterocycles. The number of hydrogen-bond acceptors (Lipinski definition) is 3. The largest absolute Gasteiger partial charge is 0.375 e. The van der Waals surface area contributed by atoms with Gasteiger partial charge in [-0.25, -0.2) is 9.37 Å². The van der Waals surface area contributed by atoms with Crippen molar-refractivity contribution < 1.29 is 9.13 Å². The molecule has 1 aliphatic heterocycles. The van der Waals surface area contributed by atoms with Gasteiger partial charge in [-0.15, -0.1) is 0 Å². The fourth-order valence-corrected chi connectivity index (χ4v) is 2.90. The molecule has 0 bridgehead atoms. The second-order valence-electron chi connectivity index (χ2n) is 5.92. The highest BCUT2D eigenvalue weighted by atomic mass is 19.1. The summed E-state index contributed by atoms with van der Waals surface area (Å²) in [5.74, 6) is 0.843. The average Bonchev–Trinajstić information content (AvgIpc) is 2.80. The quantitative estimate of drug-likeness (QED) is 0.868. The fourth-order valence-electron chi connectivity index (χ4n) is 2.90. The lowest BCUT2D eigenvalue weighted by Crippen LogP contribution is -2.43. The monoisotopic (exact) mass is 303 g/mol. The summed E-state index contributed by atoms with van der Waals surface area (Å²) in [6.07, 6.45) is 2.80. The van der Waals surface area contributed by atoms with Gasteiger partial charge in [0.15, 0.2) is 0 Å². The Hall–Kier alpha value is -1.72. The number of halogens is 1. The van der Waals surface area contributed by atoms with Gasteiger partial charge in [-0.3, -0.25) is 4.90 Å². The van der Waals surface area contributed by atoms with Crippen LogP contribution in [0.5, 0.6) is 0 Å². The molecular weight excluding hydrogens is 281 g/mol. The van der Waals surface area contributed by atoms with Gasteiger partial charge >= 0.3 is 0 Å². The Bertz CT molecular complexity index is 641. The van der Waals surface area contributed by atoms with Crippen molar-refractivity contribution in [2.75, 3.05) is 19.7 Å². The number of morpholine rings is 1. The van der Waals surface area contributed by atoms with Gasteiger partial charge in [0.05, 0.1) is 18.4 Å². The predicted molar refractivity (Wildman–Crippen MR) is 83.1 cm³/mol. The predicted octanol–water partition coefficient (Wildman–Crippen LogP) is 2.31. The number of benzene rings is 1. The third kappa shape index (κ3) is 3.54. The maximum atomic E-state index is 13.3. The molecule has 1 saturated heterocycles. The van der Waals surface area contributed by atoms with Crippen molar-refractivity contribution >= 4 is 0 Å². The lowest BCUT2D eigenvalue weighted by molar-refractivity contribution is -0.0311. The van der Waals surface area contributed by atoms with E-state index in [2.05, 4.69) is 14.5 Å². The van der Waals surface area contributed by atoms with E-state index in [-0.39, 0.29) is 11.9 Å². The van der Waals surface area contributed by atoms with Crippen LogP contribution in [-0.4, -0.2) is 40.3 Å². The van der Waals surface area contributed by atoms with Crippen LogP contribution < -0.4 is 0 Å². The van der Waals surface area contributed by atoms with Gasteiger partial charge in [0.25, 0.3) is 0 Å². The number of rotatable bonds is 4. The van der Waals surface area contributed by atoms with Crippen molar-refractivity contribution in [3.05, 3.63) is 53.4 Å². The first kappa shape index (κ1) is 15.2. The van der Waals surface area contributed by atoms with Crippen molar-refractivity contribution in [1.82, 2.24) is 14.5 Å². The molecule has 0 aliphatic carbocycles. The average molecular weight is 303 g/mol. The molecule has 118 valence electrons. The van der Waals surface area contributed by atoms with Crippen LogP contribution in [0.1, 0.15) is 17.1 Å². The number of nitrogens with zero attached hydrogens (tertiary/aromatic N) is 3. The molecule has 1 unspecified atom stereocenters. The minimum Gasteiger partial charge on any atom is -0.375 e. The minimum absolute atomic E-state index is 0.116. The summed E-state index contributed by atoms with van der Waals surface area (Å²) in [5, 5.41) is 0. The molecule has 22 heavy (non-hydrogen) atoms. The fraction of sp³-hybridized carbons (Fsp3) is 0.471. The number of aromatic nitrogens is 2. The Morgan fingerprint density at radius 3 is 3.00 bits per heavy atom. The summed E-state index contributed by atoms with van der Waals surface area (Å²) in [6, 6.07) is 6.77. The van der Waals surface area contributed by atoms with Crippen LogP contribution in [0.15, 0.2) is 30.5 Å². The lowest BCUT2D eigenvalue weighted by Gasteiger charge is -2.33. The van der Waals surface area contributed by atoms with Gasteiger partial charge in [-0.1, -0.05) is 12.1 Å². The zero-order chi connectivity index (χ0) is 15.5. The summed E-state index contributed by atoms with van der Waals surface area (Å²) in [5.41, 5.74) is 2.20. The Labute approximate surface area is 130 Å². The molecule has 0 N–H and O–H groups in total. The SMILES string of the molecule is Cc1ncc(CN2CCOC(Cc3cccc(F)c3)C2)n1C. The highest BCUT2D eigenvalue weighted by molar-refractivity contribution is 5.17. The molecule has 0 saturated carbocycles. The number of hydrogen-bond donors (Lipinski definition) is 0. The number of ether oxygens (including phenoxy) is 1. The summed E-state index contributed by atoms with van der Waals surface area (Å²) in [6.45, 7) is 5.39. The van der Waals surface area contributed by atoms with E-state index in [9.17, 15) is 4.39 Å². The molecular formula is C17H22FN3O. The molecule has 2 aromatic rings. The van der Waals surface area contributed by atoms with Crippen LogP contribution in [0.3, 0.4) is 0 Å². The molecule has 1 atom stereocenters. The van der Waals surface area contributed by atoms with E-state index in [0.29, 0.717) is 0 Å². The van der Waals surface area contributed by atoms with E-state index in [0.717, 1.165) is 44.0 Å². The van der Waals surface area contributed by atoms with E-state index in [4.69, 9.17) is 4.74 Å². The minimum atomic E-state index is -0.185. The van der Waals surface area contributed by atoms with Crippen molar-refractivity contribution in [2.24, 2.45) is 7.05 Å². The van der Waals surface area contributed by atoms with Crippen molar-refractivity contribution in [1.29, 1.82) is 0 Å². The summed E-state index contributed by atoms with van der Waals surface area (Å²) < 4.78 is 21.2. The van der Waals surface area contributed by atoms with Gasteiger partial charge in [-0.05, 0) is 31.0 Å². The standard InChI is InChI=1S/C17H22FN3O/c1-13-19-10-16(20(13)2)11-21-6-7-22-17(12-21)9-14-4-3-5-15(18)8-14/h3-5,8,10,17H,6-7,9,11-12H2,1-2H3. The molecule has 0 spiro atoms. The molecule has 1 aliphatic rings. The van der Waals surface area contributed by atoms with E-state index < -0.39 is 0 Å². The lowest BCUT2D eigenvalue weighted by atomic mass is 10.1. The topological polar surface area (TPSA) is 30.3 Å². The zero-order valence-electron chi connectivity index (χ0n) is 13.1. The first-order valence-corrected chi connectivity index (χ1v) is 7.67. The van der Waals surface area contributed by atoms with Crippen LogP contribution in [0, 0.1) is 12.7 Å². The van der Waals surface area contributed by atoms with Gasteiger partial charge in [0.2, 0.25) is 0 Å². The van der Waals surface area contributed by atoms with Crippen LogP contribution >= 0.6 is 0 Å². The van der Waals surface area contributed by atoms with Crippen molar-refractivity contribution in [3.8, 4) is 0 Å². The summed E-state index contributed by atoms with van der Waals surface area (Å²) in [7, 11) is 2.04. The van der Waals surface area contributed by atoms with Crippen molar-refractivity contribution in [2.45, 2.75) is 26.0 Å². The molecule has 5 heteroatoms. The Morgan fingerprint density at radius 2 is 2.27 bits per heavy atom. The molecule has 4 nitrogen and oxygen atoms in total. The summed E-state index contributed by atoms with van der Waals surface area (Å²) >= 11 is 0. The van der Waals surface area contributed by atoms with Gasteiger partial charge in [0.1, 0.15) is 11.6 Å². The first-order chi connectivity index (χ1) is 10.6. The smallest absolute Gasteiger partial charge is 0.123 e. The van der Waals surface area contributed by atoms with Gasteiger partial charge < -0.3 is 9.30 Å². The zero-order valence-corrected chi connectivity index (χ0v) is 13.1. The second kappa shape index (κ2) is 6.58. The Kier molecular flexibility index (Phi) is 4.55. The Balaban J connectivity index is 1.60. The van der Waals surface area contributed by atoms with Crippen molar-refractivity contribution in [3.63, 3.8) is 0 Å². The molecule has 1 aromatic carbocycles. The number of aryl methyl sites for hydroxylation is 1. The second-order valence-corrected chi connectivity index (χ2v) is 5.92. The van der Waals surface area contributed by atoms with E-state index in [1.165, 1.54) is 11.8 Å². The van der Waals surface area contributed by atoms with Crippen LogP contribution in [0.4, 0.5) is 4.39 Å². The molecule has 2 heterocycles. The van der Waals surface area contributed by atoms with Crippen LogP contribution in [-0.2, 0) is 24.8 Å². The maximum absolute atomic E-state index is 13.3. The third-order valence-corrected chi connectivity index (χ3v) is 4.28. The first-order valence-electron chi connectivity index (χ1n) is 7.67. The third-order valence-electron chi connectivity index (χ3n) is 4.28. The molecule has 0 amide bonds. The van der Waals surface area contributed by atoms with E-state index >= 15 is 0 Å².